The Morgan fingerprint density at radius 3 is 2.17 bits per heavy atom. The van der Waals surface area contributed by atoms with E-state index in [1.807, 2.05) is 0 Å². The maximum absolute atomic E-state index is 12.5. The second-order valence-electron chi connectivity index (χ2n) is 4.86. The van der Waals surface area contributed by atoms with Crippen molar-refractivity contribution in [2.24, 2.45) is 0 Å². The molecule has 1 heterocycles. The molecule has 0 spiro atoms. The lowest BCUT2D eigenvalue weighted by Crippen LogP contribution is -2.27. The summed E-state index contributed by atoms with van der Waals surface area (Å²) in [5.41, 5.74) is 0.241. The summed E-state index contributed by atoms with van der Waals surface area (Å²) in [6.45, 7) is 0. The van der Waals surface area contributed by atoms with E-state index in [0.717, 1.165) is 4.68 Å². The number of aromatic nitrogens is 2. The van der Waals surface area contributed by atoms with Crippen LogP contribution in [0.25, 0.3) is 16.9 Å². The van der Waals surface area contributed by atoms with Crippen molar-refractivity contribution in [3.8, 4) is 16.9 Å². The number of halogens is 1. The lowest BCUT2D eigenvalue weighted by molar-refractivity contribution is 0.387. The molecule has 0 unspecified atom stereocenters. The van der Waals surface area contributed by atoms with Crippen LogP contribution in [-0.4, -0.2) is 19.6 Å². The largest absolute Gasteiger partial charge is 0.364 e. The Kier molecular flexibility index (Phi) is 4.00. The van der Waals surface area contributed by atoms with E-state index in [-0.39, 0.29) is 5.69 Å². The third-order valence-corrected chi connectivity index (χ3v) is 4.55. The average Bonchev–Trinajstić information content (AvgIpc) is 2.86. The van der Waals surface area contributed by atoms with Crippen molar-refractivity contribution in [1.29, 1.82) is 0 Å². The molecule has 3 N–H and O–H groups in total. The Morgan fingerprint density at radius 2 is 1.61 bits per heavy atom. The summed E-state index contributed by atoms with van der Waals surface area (Å²) in [5.74, 6) is 0. The molecule has 2 aromatic carbocycles. The molecule has 0 saturated carbocycles. The predicted octanol–water partition coefficient (Wildman–Crippen LogP) is 2.29. The molecular formula is C15H12ClN2O4P. The number of H-pyrrole nitrogens is 1. The zero-order valence-electron chi connectivity index (χ0n) is 11.7. The van der Waals surface area contributed by atoms with Crippen molar-refractivity contribution in [2.45, 2.75) is 0 Å². The zero-order chi connectivity index (χ0) is 16.6. The molecule has 0 bridgehead atoms. The molecule has 0 radical (unpaired) electrons. The van der Waals surface area contributed by atoms with E-state index in [0.29, 0.717) is 16.3 Å². The fourth-order valence-electron chi connectivity index (χ4n) is 2.28. The zero-order valence-corrected chi connectivity index (χ0v) is 13.3. The third kappa shape index (κ3) is 3.02. The second-order valence-corrected chi connectivity index (χ2v) is 6.83. The number of nitrogens with one attached hydrogen (secondary N) is 1. The molecule has 0 fully saturated rings. The van der Waals surface area contributed by atoms with Crippen LogP contribution in [0.4, 0.5) is 0 Å². The minimum absolute atomic E-state index is 0.0962. The Hall–Kier alpha value is -2.11. The van der Waals surface area contributed by atoms with Gasteiger partial charge in [-0.05, 0) is 24.3 Å². The standard InChI is InChI=1S/C15H12ClN2O4P/c16-11-6-8-12(9-7-11)18-15(19)14(23(20,21)22)13(17-18)10-4-2-1-3-5-10/h1-9,17H,(H2,20,21,22). The lowest BCUT2D eigenvalue weighted by atomic mass is 10.2. The Bertz CT molecular complexity index is 942. The van der Waals surface area contributed by atoms with Crippen LogP contribution in [0.3, 0.4) is 0 Å². The van der Waals surface area contributed by atoms with Gasteiger partial charge in [-0.3, -0.25) is 14.5 Å². The van der Waals surface area contributed by atoms with Crippen molar-refractivity contribution in [2.75, 3.05) is 0 Å². The summed E-state index contributed by atoms with van der Waals surface area (Å²) in [4.78, 5) is 31.6. The van der Waals surface area contributed by atoms with E-state index in [1.165, 1.54) is 0 Å². The Balaban J connectivity index is 2.29. The highest BCUT2D eigenvalue weighted by molar-refractivity contribution is 7.60. The molecule has 118 valence electrons. The van der Waals surface area contributed by atoms with Gasteiger partial charge in [-0.2, -0.15) is 0 Å². The van der Waals surface area contributed by atoms with Gasteiger partial charge in [0, 0.05) is 10.6 Å². The van der Waals surface area contributed by atoms with E-state index in [2.05, 4.69) is 5.10 Å². The van der Waals surface area contributed by atoms with Gasteiger partial charge in [0.2, 0.25) is 0 Å². The summed E-state index contributed by atoms with van der Waals surface area (Å²) in [5, 5.41) is 2.71. The molecule has 23 heavy (non-hydrogen) atoms. The van der Waals surface area contributed by atoms with Crippen molar-refractivity contribution in [3.63, 3.8) is 0 Å². The van der Waals surface area contributed by atoms with Gasteiger partial charge in [-0.1, -0.05) is 41.9 Å². The first-order valence-corrected chi connectivity index (χ1v) is 8.59. The number of benzene rings is 2. The summed E-state index contributed by atoms with van der Waals surface area (Å²) in [6, 6.07) is 14.9. The smallest absolute Gasteiger partial charge is 0.321 e. The number of nitrogens with zero attached hydrogens (tertiary/aromatic N) is 1. The predicted molar refractivity (Wildman–Crippen MR) is 88.5 cm³/mol. The molecule has 1 aromatic heterocycles. The molecule has 0 aliphatic heterocycles. The highest BCUT2D eigenvalue weighted by Crippen LogP contribution is 2.35. The summed E-state index contributed by atoms with van der Waals surface area (Å²) in [7, 11) is -4.76. The Morgan fingerprint density at radius 1 is 1.00 bits per heavy atom. The van der Waals surface area contributed by atoms with Gasteiger partial charge in [0.1, 0.15) is 0 Å². The molecular weight excluding hydrogens is 339 g/mol. The fraction of sp³-hybridized carbons (Fsp3) is 0. The van der Waals surface area contributed by atoms with Crippen molar-refractivity contribution in [1.82, 2.24) is 9.78 Å². The first-order chi connectivity index (χ1) is 10.9. The third-order valence-electron chi connectivity index (χ3n) is 3.30. The first kappa shape index (κ1) is 15.8. The number of hydrogen-bond donors (Lipinski definition) is 3. The topological polar surface area (TPSA) is 95.3 Å². The highest BCUT2D eigenvalue weighted by atomic mass is 35.5. The molecule has 3 rings (SSSR count). The highest BCUT2D eigenvalue weighted by Gasteiger charge is 2.30. The van der Waals surface area contributed by atoms with Crippen LogP contribution in [0.15, 0.2) is 59.4 Å². The second kappa shape index (κ2) is 5.83. The summed E-state index contributed by atoms with van der Waals surface area (Å²) < 4.78 is 12.9. The maximum atomic E-state index is 12.5. The van der Waals surface area contributed by atoms with Gasteiger partial charge in [-0.15, -0.1) is 0 Å². The minimum Gasteiger partial charge on any atom is -0.321 e. The number of hydrogen-bond acceptors (Lipinski definition) is 2. The van der Waals surface area contributed by atoms with Crippen molar-refractivity contribution in [3.05, 3.63) is 70.0 Å². The van der Waals surface area contributed by atoms with E-state index < -0.39 is 18.5 Å². The molecule has 8 heteroatoms. The van der Waals surface area contributed by atoms with Crippen molar-refractivity contribution >= 4 is 24.5 Å². The van der Waals surface area contributed by atoms with E-state index in [4.69, 9.17) is 11.6 Å². The summed E-state index contributed by atoms with van der Waals surface area (Å²) >= 11 is 5.82. The molecule has 3 aromatic rings. The monoisotopic (exact) mass is 350 g/mol. The SMILES string of the molecule is O=c1c(P(=O)(O)O)c(-c2ccccc2)[nH]n1-c1ccc(Cl)cc1. The molecule has 0 aliphatic carbocycles. The van der Waals surface area contributed by atoms with E-state index >= 15 is 0 Å². The van der Waals surface area contributed by atoms with Gasteiger partial charge in [0.15, 0.2) is 5.30 Å². The molecule has 0 aliphatic rings. The number of rotatable bonds is 3. The molecule has 0 saturated heterocycles. The molecule has 6 nitrogen and oxygen atoms in total. The normalized spacial score (nSPS) is 11.6. The lowest BCUT2D eigenvalue weighted by Gasteiger charge is -2.03. The van der Waals surface area contributed by atoms with Gasteiger partial charge in [0.05, 0.1) is 11.4 Å². The van der Waals surface area contributed by atoms with Crippen LogP contribution in [-0.2, 0) is 4.57 Å². The van der Waals surface area contributed by atoms with Crippen LogP contribution in [0.2, 0.25) is 5.02 Å². The van der Waals surface area contributed by atoms with Crippen LogP contribution in [0.1, 0.15) is 0 Å². The number of aromatic amines is 1. The van der Waals surface area contributed by atoms with Crippen LogP contribution in [0, 0.1) is 0 Å². The van der Waals surface area contributed by atoms with Crippen LogP contribution >= 0.6 is 19.2 Å². The van der Waals surface area contributed by atoms with Gasteiger partial charge < -0.3 is 9.79 Å². The summed E-state index contributed by atoms with van der Waals surface area (Å²) in [6.07, 6.45) is 0. The quantitative estimate of drug-likeness (QED) is 0.631. The fourth-order valence-corrected chi connectivity index (χ4v) is 3.22. The van der Waals surface area contributed by atoms with Crippen LogP contribution in [0.5, 0.6) is 0 Å². The van der Waals surface area contributed by atoms with Crippen LogP contribution < -0.4 is 10.9 Å². The first-order valence-electron chi connectivity index (χ1n) is 6.60. The molecule has 0 atom stereocenters. The Labute approximate surface area is 136 Å². The van der Waals surface area contributed by atoms with E-state index in [1.54, 1.807) is 54.6 Å². The van der Waals surface area contributed by atoms with Gasteiger partial charge in [-0.25, -0.2) is 4.68 Å². The van der Waals surface area contributed by atoms with Crippen molar-refractivity contribution < 1.29 is 14.4 Å². The van der Waals surface area contributed by atoms with Gasteiger partial charge >= 0.3 is 7.60 Å². The van der Waals surface area contributed by atoms with E-state index in [9.17, 15) is 19.1 Å². The molecule has 0 amide bonds. The average molecular weight is 351 g/mol. The van der Waals surface area contributed by atoms with Gasteiger partial charge in [0.25, 0.3) is 5.56 Å². The maximum Gasteiger partial charge on any atom is 0.364 e. The minimum atomic E-state index is -4.76.